The molecule has 108 valence electrons. The highest BCUT2D eigenvalue weighted by atomic mass is 32.2. The van der Waals surface area contributed by atoms with E-state index in [0.717, 1.165) is 38.9 Å². The molecule has 2 heterocycles. The molecule has 1 aromatic rings. The Bertz CT molecular complexity index is 504. The van der Waals surface area contributed by atoms with Crippen LogP contribution in [0, 0.1) is 6.92 Å². The SMILES string of the molecule is CCCN1CCC(NS(=O)(=O)c2cn[nH]c2C)CC1. The molecular weight excluding hydrogens is 264 g/mol. The summed E-state index contributed by atoms with van der Waals surface area (Å²) in [5, 5.41) is 6.42. The number of sulfonamides is 1. The Morgan fingerprint density at radius 3 is 2.68 bits per heavy atom. The van der Waals surface area contributed by atoms with Crippen LogP contribution in [0.2, 0.25) is 0 Å². The highest BCUT2D eigenvalue weighted by Gasteiger charge is 2.25. The normalized spacial score (nSPS) is 18.8. The van der Waals surface area contributed by atoms with Crippen LogP contribution in [0.1, 0.15) is 31.9 Å². The number of nitrogens with zero attached hydrogens (tertiary/aromatic N) is 2. The molecule has 0 radical (unpaired) electrons. The molecule has 1 aliphatic heterocycles. The van der Waals surface area contributed by atoms with Gasteiger partial charge in [0.2, 0.25) is 10.0 Å². The summed E-state index contributed by atoms with van der Waals surface area (Å²) in [6.45, 7) is 6.90. The van der Waals surface area contributed by atoms with Crippen LogP contribution in [0.3, 0.4) is 0 Å². The van der Waals surface area contributed by atoms with Crippen molar-refractivity contribution in [3.05, 3.63) is 11.9 Å². The molecular formula is C12H22N4O2S. The third-order valence-electron chi connectivity index (χ3n) is 3.52. The second-order valence-corrected chi connectivity index (χ2v) is 6.78. The van der Waals surface area contributed by atoms with Gasteiger partial charge in [-0.1, -0.05) is 6.92 Å². The summed E-state index contributed by atoms with van der Waals surface area (Å²) in [4.78, 5) is 2.64. The van der Waals surface area contributed by atoms with Crippen molar-refractivity contribution in [2.45, 2.75) is 44.0 Å². The molecule has 19 heavy (non-hydrogen) atoms. The van der Waals surface area contributed by atoms with E-state index in [2.05, 4.69) is 26.7 Å². The Kier molecular flexibility index (Phi) is 4.59. The topological polar surface area (TPSA) is 78.1 Å². The Morgan fingerprint density at radius 2 is 2.16 bits per heavy atom. The molecule has 2 N–H and O–H groups in total. The molecule has 0 bridgehead atoms. The third kappa shape index (κ3) is 3.55. The number of hydrogen-bond acceptors (Lipinski definition) is 4. The van der Waals surface area contributed by atoms with E-state index in [1.54, 1.807) is 6.92 Å². The maximum Gasteiger partial charge on any atom is 0.244 e. The van der Waals surface area contributed by atoms with E-state index in [1.165, 1.54) is 6.20 Å². The van der Waals surface area contributed by atoms with Crippen molar-refractivity contribution in [3.63, 3.8) is 0 Å². The van der Waals surface area contributed by atoms with Gasteiger partial charge in [0.1, 0.15) is 4.90 Å². The van der Waals surface area contributed by atoms with Crippen molar-refractivity contribution in [2.75, 3.05) is 19.6 Å². The molecule has 0 atom stereocenters. The van der Waals surface area contributed by atoms with Gasteiger partial charge in [-0.15, -0.1) is 0 Å². The number of rotatable bonds is 5. The number of aromatic nitrogens is 2. The molecule has 0 saturated carbocycles. The summed E-state index contributed by atoms with van der Waals surface area (Å²) >= 11 is 0. The molecule has 1 fully saturated rings. The van der Waals surface area contributed by atoms with Crippen LogP contribution in [0.4, 0.5) is 0 Å². The smallest absolute Gasteiger partial charge is 0.244 e. The third-order valence-corrected chi connectivity index (χ3v) is 5.16. The van der Waals surface area contributed by atoms with Gasteiger partial charge in [0.25, 0.3) is 0 Å². The van der Waals surface area contributed by atoms with E-state index in [1.807, 2.05) is 0 Å². The first-order chi connectivity index (χ1) is 9.03. The summed E-state index contributed by atoms with van der Waals surface area (Å²) in [5.41, 5.74) is 0.580. The van der Waals surface area contributed by atoms with E-state index in [0.29, 0.717) is 5.69 Å². The Morgan fingerprint density at radius 1 is 1.47 bits per heavy atom. The zero-order chi connectivity index (χ0) is 13.9. The zero-order valence-electron chi connectivity index (χ0n) is 11.5. The maximum atomic E-state index is 12.2. The minimum atomic E-state index is -3.44. The average Bonchev–Trinajstić information content (AvgIpc) is 2.79. The van der Waals surface area contributed by atoms with Crippen LogP contribution in [-0.4, -0.2) is 49.2 Å². The van der Waals surface area contributed by atoms with Crippen LogP contribution in [0.25, 0.3) is 0 Å². The molecule has 6 nitrogen and oxygen atoms in total. The van der Waals surface area contributed by atoms with Crippen LogP contribution >= 0.6 is 0 Å². The standard InChI is InChI=1S/C12H22N4O2S/c1-3-6-16-7-4-11(5-8-16)15-19(17,18)12-9-13-14-10(12)2/h9,11,15H,3-8H2,1-2H3,(H,13,14). The predicted molar refractivity (Wildman–Crippen MR) is 73.4 cm³/mol. The Labute approximate surface area is 114 Å². The molecule has 2 rings (SSSR count). The monoisotopic (exact) mass is 286 g/mol. The maximum absolute atomic E-state index is 12.2. The lowest BCUT2D eigenvalue weighted by molar-refractivity contribution is 0.208. The fourth-order valence-electron chi connectivity index (χ4n) is 2.48. The predicted octanol–water partition coefficient (Wildman–Crippen LogP) is 0.871. The molecule has 0 spiro atoms. The molecule has 0 amide bonds. The van der Waals surface area contributed by atoms with E-state index in [9.17, 15) is 8.42 Å². The van der Waals surface area contributed by atoms with Gasteiger partial charge in [-0.3, -0.25) is 5.10 Å². The average molecular weight is 286 g/mol. The summed E-state index contributed by atoms with van der Waals surface area (Å²) < 4.78 is 27.2. The van der Waals surface area contributed by atoms with Crippen LogP contribution in [0.15, 0.2) is 11.1 Å². The van der Waals surface area contributed by atoms with Crippen molar-refractivity contribution >= 4 is 10.0 Å². The number of piperidine rings is 1. The summed E-state index contributed by atoms with van der Waals surface area (Å²) in [6, 6.07) is 0.0346. The second kappa shape index (κ2) is 6.02. The quantitative estimate of drug-likeness (QED) is 0.842. The number of H-pyrrole nitrogens is 1. The lowest BCUT2D eigenvalue weighted by Gasteiger charge is -2.31. The number of aromatic amines is 1. The van der Waals surface area contributed by atoms with Gasteiger partial charge < -0.3 is 4.90 Å². The number of likely N-dealkylation sites (tertiary alicyclic amines) is 1. The molecule has 1 aliphatic rings. The molecule has 0 aliphatic carbocycles. The fraction of sp³-hybridized carbons (Fsp3) is 0.750. The van der Waals surface area contributed by atoms with Crippen molar-refractivity contribution in [1.29, 1.82) is 0 Å². The van der Waals surface area contributed by atoms with Crippen molar-refractivity contribution in [1.82, 2.24) is 19.8 Å². The van der Waals surface area contributed by atoms with Gasteiger partial charge in [-0.2, -0.15) is 5.10 Å². The summed E-state index contributed by atoms with van der Waals surface area (Å²) in [5.74, 6) is 0. The molecule has 7 heteroatoms. The number of nitrogens with one attached hydrogen (secondary N) is 2. The fourth-order valence-corrected chi connectivity index (χ4v) is 3.93. The highest BCUT2D eigenvalue weighted by molar-refractivity contribution is 7.89. The Balaban J connectivity index is 1.94. The van der Waals surface area contributed by atoms with Crippen LogP contribution < -0.4 is 4.72 Å². The van der Waals surface area contributed by atoms with Crippen molar-refractivity contribution < 1.29 is 8.42 Å². The van der Waals surface area contributed by atoms with Crippen molar-refractivity contribution in [3.8, 4) is 0 Å². The largest absolute Gasteiger partial charge is 0.303 e. The highest BCUT2D eigenvalue weighted by Crippen LogP contribution is 2.16. The first kappa shape index (κ1) is 14.5. The summed E-state index contributed by atoms with van der Waals surface area (Å²) in [6.07, 6.45) is 4.25. The van der Waals surface area contributed by atoms with Gasteiger partial charge in [-0.25, -0.2) is 13.1 Å². The van der Waals surface area contributed by atoms with E-state index in [4.69, 9.17) is 0 Å². The minimum Gasteiger partial charge on any atom is -0.303 e. The number of hydrogen-bond donors (Lipinski definition) is 2. The minimum absolute atomic E-state index is 0.0346. The first-order valence-electron chi connectivity index (χ1n) is 6.77. The summed E-state index contributed by atoms with van der Waals surface area (Å²) in [7, 11) is -3.44. The molecule has 1 aromatic heterocycles. The van der Waals surface area contributed by atoms with Gasteiger partial charge in [0.05, 0.1) is 11.9 Å². The lowest BCUT2D eigenvalue weighted by atomic mass is 10.1. The second-order valence-electron chi connectivity index (χ2n) is 5.10. The van der Waals surface area contributed by atoms with Crippen LogP contribution in [-0.2, 0) is 10.0 Å². The van der Waals surface area contributed by atoms with Gasteiger partial charge >= 0.3 is 0 Å². The first-order valence-corrected chi connectivity index (χ1v) is 8.26. The van der Waals surface area contributed by atoms with Gasteiger partial charge in [0, 0.05) is 6.04 Å². The molecule has 0 aromatic carbocycles. The van der Waals surface area contributed by atoms with E-state index >= 15 is 0 Å². The van der Waals surface area contributed by atoms with Crippen LogP contribution in [0.5, 0.6) is 0 Å². The zero-order valence-corrected chi connectivity index (χ0v) is 12.3. The van der Waals surface area contributed by atoms with E-state index in [-0.39, 0.29) is 10.9 Å². The number of aryl methyl sites for hydroxylation is 1. The van der Waals surface area contributed by atoms with E-state index < -0.39 is 10.0 Å². The molecule has 0 unspecified atom stereocenters. The van der Waals surface area contributed by atoms with Crippen molar-refractivity contribution in [2.24, 2.45) is 0 Å². The van der Waals surface area contributed by atoms with Gasteiger partial charge in [-0.05, 0) is 45.8 Å². The Hall–Kier alpha value is -0.920. The molecule has 1 saturated heterocycles. The lowest BCUT2D eigenvalue weighted by Crippen LogP contribution is -2.44. The van der Waals surface area contributed by atoms with Gasteiger partial charge in [0.15, 0.2) is 0 Å².